The summed E-state index contributed by atoms with van der Waals surface area (Å²) in [6, 6.07) is 0.690. The van der Waals surface area contributed by atoms with Gasteiger partial charge >= 0.3 is 0 Å². The molecule has 1 rings (SSSR count). The van der Waals surface area contributed by atoms with E-state index in [0.717, 1.165) is 26.1 Å². The molecule has 1 fully saturated rings. The van der Waals surface area contributed by atoms with Crippen molar-refractivity contribution in [3.8, 4) is 0 Å². The van der Waals surface area contributed by atoms with Crippen molar-refractivity contribution in [2.45, 2.75) is 45.8 Å². The van der Waals surface area contributed by atoms with Gasteiger partial charge in [-0.15, -0.1) is 0 Å². The lowest BCUT2D eigenvalue weighted by Crippen LogP contribution is -2.50. The Labute approximate surface area is 111 Å². The number of hydrogen-bond donors (Lipinski definition) is 2. The first kappa shape index (κ1) is 17.4. The molecular weight excluding hydrogens is 230 g/mol. The number of ether oxygens (including phenoxy) is 1. The van der Waals surface area contributed by atoms with Gasteiger partial charge in [-0.3, -0.25) is 9.69 Å². The molecule has 0 radical (unpaired) electrons. The van der Waals surface area contributed by atoms with E-state index in [4.69, 9.17) is 5.73 Å². The van der Waals surface area contributed by atoms with Crippen molar-refractivity contribution in [1.82, 2.24) is 10.2 Å². The summed E-state index contributed by atoms with van der Waals surface area (Å²) < 4.78 is 4.55. The van der Waals surface area contributed by atoms with Crippen molar-refractivity contribution in [2.24, 2.45) is 5.73 Å². The van der Waals surface area contributed by atoms with Crippen LogP contribution in [-0.2, 0) is 9.53 Å². The van der Waals surface area contributed by atoms with Crippen LogP contribution in [0.1, 0.15) is 34.1 Å². The van der Waals surface area contributed by atoms with Gasteiger partial charge in [0.05, 0.1) is 0 Å². The summed E-state index contributed by atoms with van der Waals surface area (Å²) >= 11 is 0. The van der Waals surface area contributed by atoms with Crippen LogP contribution in [-0.4, -0.2) is 55.7 Å². The van der Waals surface area contributed by atoms with E-state index in [0.29, 0.717) is 12.5 Å². The second-order valence-corrected chi connectivity index (χ2v) is 5.56. The van der Waals surface area contributed by atoms with Crippen molar-refractivity contribution >= 4 is 6.47 Å². The van der Waals surface area contributed by atoms with E-state index in [9.17, 15) is 4.79 Å². The number of nitrogens with zero attached hydrogens (tertiary/aromatic N) is 1. The predicted molar refractivity (Wildman–Crippen MR) is 74.5 cm³/mol. The van der Waals surface area contributed by atoms with Gasteiger partial charge in [0.2, 0.25) is 0 Å². The number of carbonyl (C=O) groups is 1. The van der Waals surface area contributed by atoms with Gasteiger partial charge in [0, 0.05) is 25.7 Å². The fourth-order valence-corrected chi connectivity index (χ4v) is 1.65. The zero-order valence-electron chi connectivity index (χ0n) is 12.2. The average Bonchev–Trinajstić information content (AvgIpc) is 2.27. The first-order valence-corrected chi connectivity index (χ1v) is 6.67. The van der Waals surface area contributed by atoms with Crippen molar-refractivity contribution in [1.29, 1.82) is 0 Å². The standard InChI is InChI=1S/C8H19N3.C5H10O2/c1-8-7-10-4-6-11(8)5-2-3-9;1-5(2,3)7-4-6/h8,10H,2-7,9H2,1H3;4H,1-3H3. The highest BCUT2D eigenvalue weighted by Gasteiger charge is 2.16. The Balaban J connectivity index is 0.000000360. The zero-order valence-corrected chi connectivity index (χ0v) is 12.2. The Kier molecular flexibility index (Phi) is 8.97. The summed E-state index contributed by atoms with van der Waals surface area (Å²) in [4.78, 5) is 12.1. The van der Waals surface area contributed by atoms with Crippen molar-refractivity contribution in [3.63, 3.8) is 0 Å². The molecule has 3 N–H and O–H groups in total. The lowest BCUT2D eigenvalue weighted by Gasteiger charge is -2.33. The number of carbonyl (C=O) groups excluding carboxylic acids is 1. The van der Waals surface area contributed by atoms with Crippen molar-refractivity contribution < 1.29 is 9.53 Å². The van der Waals surface area contributed by atoms with Crippen LogP contribution >= 0.6 is 0 Å². The third kappa shape index (κ3) is 9.39. The van der Waals surface area contributed by atoms with E-state index in [2.05, 4.69) is 21.9 Å². The molecule has 0 amide bonds. The van der Waals surface area contributed by atoms with Gasteiger partial charge in [0.25, 0.3) is 6.47 Å². The summed E-state index contributed by atoms with van der Waals surface area (Å²) in [6.45, 7) is 13.6. The van der Waals surface area contributed by atoms with Crippen LogP contribution in [0.4, 0.5) is 0 Å². The smallest absolute Gasteiger partial charge is 0.293 e. The molecule has 108 valence electrons. The highest BCUT2D eigenvalue weighted by molar-refractivity contribution is 5.37. The van der Waals surface area contributed by atoms with Crippen LogP contribution in [0.5, 0.6) is 0 Å². The number of nitrogens with one attached hydrogen (secondary N) is 1. The Hall–Kier alpha value is -0.650. The summed E-state index contributed by atoms with van der Waals surface area (Å²) in [5.74, 6) is 0. The third-order valence-corrected chi connectivity index (χ3v) is 2.69. The molecule has 0 saturated carbocycles. The summed E-state index contributed by atoms with van der Waals surface area (Å²) in [5, 5.41) is 3.37. The van der Waals surface area contributed by atoms with E-state index in [1.54, 1.807) is 0 Å². The zero-order chi connectivity index (χ0) is 14.0. The average molecular weight is 259 g/mol. The van der Waals surface area contributed by atoms with E-state index in [1.165, 1.54) is 13.1 Å². The van der Waals surface area contributed by atoms with E-state index >= 15 is 0 Å². The molecule has 5 nitrogen and oxygen atoms in total. The van der Waals surface area contributed by atoms with Gasteiger partial charge < -0.3 is 15.8 Å². The van der Waals surface area contributed by atoms with Crippen molar-refractivity contribution in [3.05, 3.63) is 0 Å². The minimum atomic E-state index is -0.318. The molecule has 0 aliphatic carbocycles. The van der Waals surface area contributed by atoms with Gasteiger partial charge in [-0.2, -0.15) is 0 Å². The summed E-state index contributed by atoms with van der Waals surface area (Å²) in [7, 11) is 0. The van der Waals surface area contributed by atoms with E-state index in [1.807, 2.05) is 20.8 Å². The largest absolute Gasteiger partial charge is 0.462 e. The lowest BCUT2D eigenvalue weighted by molar-refractivity contribution is -0.138. The number of hydrogen-bond acceptors (Lipinski definition) is 5. The minimum absolute atomic E-state index is 0.318. The van der Waals surface area contributed by atoms with E-state index in [-0.39, 0.29) is 5.60 Å². The first-order valence-electron chi connectivity index (χ1n) is 6.67. The number of nitrogens with two attached hydrogens (primary N) is 1. The highest BCUT2D eigenvalue weighted by atomic mass is 16.5. The van der Waals surface area contributed by atoms with Crippen LogP contribution in [0, 0.1) is 0 Å². The summed E-state index contributed by atoms with van der Waals surface area (Å²) in [6.07, 6.45) is 1.13. The highest BCUT2D eigenvalue weighted by Crippen LogP contribution is 2.03. The molecule has 5 heteroatoms. The molecule has 1 aliphatic rings. The normalized spacial score (nSPS) is 20.8. The Morgan fingerprint density at radius 3 is 2.56 bits per heavy atom. The Morgan fingerprint density at radius 1 is 1.50 bits per heavy atom. The first-order chi connectivity index (χ1) is 8.40. The van der Waals surface area contributed by atoms with Crippen LogP contribution in [0.25, 0.3) is 0 Å². The SMILES string of the molecule is CC(C)(C)OC=O.CC1CNCCN1CCCN. The number of rotatable bonds is 4. The topological polar surface area (TPSA) is 67.6 Å². The lowest BCUT2D eigenvalue weighted by atomic mass is 10.2. The fraction of sp³-hybridized carbons (Fsp3) is 0.923. The van der Waals surface area contributed by atoms with Gasteiger partial charge in [-0.25, -0.2) is 0 Å². The molecular formula is C13H29N3O2. The van der Waals surface area contributed by atoms with Crippen LogP contribution < -0.4 is 11.1 Å². The second-order valence-electron chi connectivity index (χ2n) is 5.56. The Bertz CT molecular complexity index is 217. The van der Waals surface area contributed by atoms with Crippen LogP contribution in [0.2, 0.25) is 0 Å². The minimum Gasteiger partial charge on any atom is -0.462 e. The molecule has 1 atom stereocenters. The van der Waals surface area contributed by atoms with Gasteiger partial charge in [0.15, 0.2) is 0 Å². The predicted octanol–water partition coefficient (Wildman–Crippen LogP) is 0.587. The molecule has 0 aromatic carbocycles. The summed E-state index contributed by atoms with van der Waals surface area (Å²) in [5.41, 5.74) is 5.13. The third-order valence-electron chi connectivity index (χ3n) is 2.69. The van der Waals surface area contributed by atoms with Gasteiger partial charge in [-0.05, 0) is 47.2 Å². The Morgan fingerprint density at radius 2 is 2.17 bits per heavy atom. The molecule has 1 aliphatic heterocycles. The molecule has 0 aromatic rings. The monoisotopic (exact) mass is 259 g/mol. The van der Waals surface area contributed by atoms with E-state index < -0.39 is 0 Å². The van der Waals surface area contributed by atoms with Gasteiger partial charge in [0.1, 0.15) is 5.60 Å². The van der Waals surface area contributed by atoms with Crippen LogP contribution in [0.3, 0.4) is 0 Å². The maximum absolute atomic E-state index is 9.60. The quantitative estimate of drug-likeness (QED) is 0.723. The second kappa shape index (κ2) is 9.30. The van der Waals surface area contributed by atoms with Crippen molar-refractivity contribution in [2.75, 3.05) is 32.7 Å². The van der Waals surface area contributed by atoms with Gasteiger partial charge in [-0.1, -0.05) is 0 Å². The molecule has 1 saturated heterocycles. The number of piperazine rings is 1. The molecule has 1 unspecified atom stereocenters. The van der Waals surface area contributed by atoms with Crippen LogP contribution in [0.15, 0.2) is 0 Å². The molecule has 0 spiro atoms. The fourth-order valence-electron chi connectivity index (χ4n) is 1.65. The molecule has 0 aromatic heterocycles. The molecule has 0 bridgehead atoms. The maximum atomic E-state index is 9.60. The molecule has 18 heavy (non-hydrogen) atoms. The molecule has 1 heterocycles. The maximum Gasteiger partial charge on any atom is 0.293 e.